The van der Waals surface area contributed by atoms with E-state index in [1.54, 1.807) is 18.7 Å². The van der Waals surface area contributed by atoms with Crippen LogP contribution in [0.15, 0.2) is 53.7 Å². The molecule has 0 radical (unpaired) electrons. The number of nitrogens with one attached hydrogen (secondary N) is 1. The first-order chi connectivity index (χ1) is 9.81. The molecule has 0 saturated carbocycles. The lowest BCUT2D eigenvalue weighted by Gasteiger charge is -2.06. The fourth-order valence-corrected chi connectivity index (χ4v) is 1.88. The van der Waals surface area contributed by atoms with E-state index < -0.39 is 0 Å². The molecular weight excluding hydrogens is 252 g/mol. The highest BCUT2D eigenvalue weighted by Gasteiger charge is 2.03. The molecule has 3 aromatic rings. The molecule has 0 aliphatic rings. The summed E-state index contributed by atoms with van der Waals surface area (Å²) in [6.07, 6.45) is 6.79. The summed E-state index contributed by atoms with van der Waals surface area (Å²) in [4.78, 5) is 12.3. The summed E-state index contributed by atoms with van der Waals surface area (Å²) in [6.45, 7) is 2.53. The van der Waals surface area contributed by atoms with E-state index >= 15 is 0 Å². The van der Waals surface area contributed by atoms with Gasteiger partial charge in [0, 0.05) is 42.7 Å². The van der Waals surface area contributed by atoms with Crippen molar-refractivity contribution in [2.24, 2.45) is 0 Å². The third-order valence-electron chi connectivity index (χ3n) is 2.91. The Labute approximate surface area is 116 Å². The van der Waals surface area contributed by atoms with Gasteiger partial charge in [0.2, 0.25) is 0 Å². The maximum Gasteiger partial charge on any atom is 0.191 e. The van der Waals surface area contributed by atoms with Gasteiger partial charge in [0.05, 0.1) is 0 Å². The van der Waals surface area contributed by atoms with Crippen LogP contribution in [0.5, 0.6) is 0 Å². The number of hydrogen-bond donors (Lipinski definition) is 1. The van der Waals surface area contributed by atoms with Gasteiger partial charge in [-0.2, -0.15) is 0 Å². The summed E-state index contributed by atoms with van der Waals surface area (Å²) in [7, 11) is 0. The first-order valence-electron chi connectivity index (χ1n) is 6.31. The number of hydrogen-bond acceptors (Lipinski definition) is 5. The lowest BCUT2D eigenvalue weighted by atomic mass is 10.1. The Morgan fingerprint density at radius 3 is 2.50 bits per heavy atom. The maximum absolute atomic E-state index is 5.21. The average molecular weight is 266 g/mol. The van der Waals surface area contributed by atoms with Gasteiger partial charge >= 0.3 is 0 Å². The minimum Gasteiger partial charge on any atom is -0.449 e. The molecule has 20 heavy (non-hydrogen) atoms. The summed E-state index contributed by atoms with van der Waals surface area (Å²) in [5.41, 5.74) is 3.97. The van der Waals surface area contributed by atoms with Gasteiger partial charge in [0.15, 0.2) is 5.89 Å². The highest BCUT2D eigenvalue weighted by molar-refractivity contribution is 5.61. The number of oxazole rings is 1. The van der Waals surface area contributed by atoms with Gasteiger partial charge in [0.25, 0.3) is 0 Å². The monoisotopic (exact) mass is 266 g/mol. The first-order valence-corrected chi connectivity index (χ1v) is 6.31. The first kappa shape index (κ1) is 12.3. The minimum atomic E-state index is 0.672. The van der Waals surface area contributed by atoms with E-state index in [-0.39, 0.29) is 0 Å². The van der Waals surface area contributed by atoms with E-state index in [0.29, 0.717) is 12.4 Å². The number of aryl methyl sites for hydroxylation is 1. The fraction of sp³-hybridized carbons (Fsp3) is 0.133. The molecule has 0 atom stereocenters. The van der Waals surface area contributed by atoms with Gasteiger partial charge in [-0.25, -0.2) is 15.0 Å². The summed E-state index contributed by atoms with van der Waals surface area (Å²) < 4.78 is 5.21. The Morgan fingerprint density at radius 2 is 1.85 bits per heavy atom. The number of benzene rings is 1. The lowest BCUT2D eigenvalue weighted by molar-refractivity contribution is 0.521. The Balaban J connectivity index is 1.67. The highest BCUT2D eigenvalue weighted by Crippen LogP contribution is 2.20. The normalized spacial score (nSPS) is 10.4. The molecule has 0 bridgehead atoms. The van der Waals surface area contributed by atoms with Crippen LogP contribution in [0, 0.1) is 6.92 Å². The van der Waals surface area contributed by atoms with Gasteiger partial charge < -0.3 is 9.73 Å². The zero-order chi connectivity index (χ0) is 13.8. The molecule has 3 rings (SSSR count). The molecule has 0 saturated heterocycles. The molecule has 0 unspecified atom stereocenters. The van der Waals surface area contributed by atoms with E-state index in [4.69, 9.17) is 4.42 Å². The standard InChI is InChI=1S/C15H14N4O/c1-11-19-15(9-20-11)13-2-4-14(5-3-13)18-8-12-6-16-10-17-7-12/h2-7,9-10,18H,8H2,1H3. The van der Waals surface area contributed by atoms with Gasteiger partial charge in [0.1, 0.15) is 18.3 Å². The fourth-order valence-electron chi connectivity index (χ4n) is 1.88. The van der Waals surface area contributed by atoms with Gasteiger partial charge in [-0.15, -0.1) is 0 Å². The van der Waals surface area contributed by atoms with Crippen LogP contribution >= 0.6 is 0 Å². The van der Waals surface area contributed by atoms with Gasteiger partial charge in [-0.05, 0) is 12.1 Å². The molecule has 100 valence electrons. The van der Waals surface area contributed by atoms with Crippen LogP contribution < -0.4 is 5.32 Å². The van der Waals surface area contributed by atoms with E-state index in [2.05, 4.69) is 20.3 Å². The summed E-state index contributed by atoms with van der Waals surface area (Å²) in [6, 6.07) is 8.06. The molecule has 0 aliphatic heterocycles. The van der Waals surface area contributed by atoms with Crippen LogP contribution in [-0.4, -0.2) is 15.0 Å². The van der Waals surface area contributed by atoms with Crippen molar-refractivity contribution in [3.63, 3.8) is 0 Å². The zero-order valence-corrected chi connectivity index (χ0v) is 11.1. The third kappa shape index (κ3) is 2.83. The molecule has 2 aromatic heterocycles. The largest absolute Gasteiger partial charge is 0.449 e. The van der Waals surface area contributed by atoms with Crippen molar-refractivity contribution in [1.82, 2.24) is 15.0 Å². The number of anilines is 1. The van der Waals surface area contributed by atoms with Gasteiger partial charge in [-0.1, -0.05) is 12.1 Å². The zero-order valence-electron chi connectivity index (χ0n) is 11.1. The topological polar surface area (TPSA) is 63.8 Å². The predicted molar refractivity (Wildman–Crippen MR) is 76.0 cm³/mol. The van der Waals surface area contributed by atoms with Crippen molar-refractivity contribution in [1.29, 1.82) is 0 Å². The Bertz CT molecular complexity index is 677. The molecule has 0 aliphatic carbocycles. The van der Waals surface area contributed by atoms with Crippen molar-refractivity contribution in [2.45, 2.75) is 13.5 Å². The summed E-state index contributed by atoms with van der Waals surface area (Å²) >= 11 is 0. The molecule has 0 fully saturated rings. The maximum atomic E-state index is 5.21. The van der Waals surface area contributed by atoms with Crippen molar-refractivity contribution in [3.8, 4) is 11.3 Å². The second-order valence-corrected chi connectivity index (χ2v) is 4.43. The van der Waals surface area contributed by atoms with Crippen molar-refractivity contribution >= 4 is 5.69 Å². The second-order valence-electron chi connectivity index (χ2n) is 4.43. The van der Waals surface area contributed by atoms with E-state index in [1.165, 1.54) is 6.33 Å². The molecule has 1 N–H and O–H groups in total. The quantitative estimate of drug-likeness (QED) is 0.786. The van der Waals surface area contributed by atoms with E-state index in [9.17, 15) is 0 Å². The molecule has 2 heterocycles. The molecule has 5 nitrogen and oxygen atoms in total. The van der Waals surface area contributed by atoms with Crippen molar-refractivity contribution in [3.05, 3.63) is 60.7 Å². The molecule has 5 heteroatoms. The highest BCUT2D eigenvalue weighted by atomic mass is 16.3. The van der Waals surface area contributed by atoms with Crippen molar-refractivity contribution < 1.29 is 4.42 Å². The Kier molecular flexibility index (Phi) is 3.41. The summed E-state index contributed by atoms with van der Waals surface area (Å²) in [5, 5.41) is 3.32. The number of rotatable bonds is 4. The summed E-state index contributed by atoms with van der Waals surface area (Å²) in [5.74, 6) is 0.672. The molecular formula is C15H14N4O. The van der Waals surface area contributed by atoms with E-state index in [0.717, 1.165) is 22.5 Å². The van der Waals surface area contributed by atoms with Crippen LogP contribution in [0.25, 0.3) is 11.3 Å². The van der Waals surface area contributed by atoms with Gasteiger partial charge in [-0.3, -0.25) is 0 Å². The molecule has 1 aromatic carbocycles. The van der Waals surface area contributed by atoms with Crippen LogP contribution in [0.4, 0.5) is 5.69 Å². The SMILES string of the molecule is Cc1nc(-c2ccc(NCc3cncnc3)cc2)co1. The van der Waals surface area contributed by atoms with Crippen LogP contribution in [0.3, 0.4) is 0 Å². The van der Waals surface area contributed by atoms with Crippen LogP contribution in [0.1, 0.15) is 11.5 Å². The van der Waals surface area contributed by atoms with Crippen molar-refractivity contribution in [2.75, 3.05) is 5.32 Å². The lowest BCUT2D eigenvalue weighted by Crippen LogP contribution is -2.00. The predicted octanol–water partition coefficient (Wildman–Crippen LogP) is 3.05. The second kappa shape index (κ2) is 5.52. The smallest absolute Gasteiger partial charge is 0.191 e. The number of nitrogens with zero attached hydrogens (tertiary/aromatic N) is 3. The Morgan fingerprint density at radius 1 is 1.10 bits per heavy atom. The molecule has 0 amide bonds. The molecule has 0 spiro atoms. The number of aromatic nitrogens is 3. The van der Waals surface area contributed by atoms with E-state index in [1.807, 2.05) is 31.2 Å². The van der Waals surface area contributed by atoms with Crippen LogP contribution in [-0.2, 0) is 6.54 Å². The Hall–Kier alpha value is -2.69. The average Bonchev–Trinajstić information content (AvgIpc) is 2.93. The van der Waals surface area contributed by atoms with Crippen LogP contribution in [0.2, 0.25) is 0 Å². The third-order valence-corrected chi connectivity index (χ3v) is 2.91. The minimum absolute atomic E-state index is 0.672.